The first-order valence-corrected chi connectivity index (χ1v) is 10.7. The molecule has 0 aromatic heterocycles. The highest BCUT2D eigenvalue weighted by molar-refractivity contribution is 5.57. The predicted octanol–water partition coefficient (Wildman–Crippen LogP) is 7.11. The van der Waals surface area contributed by atoms with Crippen LogP contribution in [0.2, 0.25) is 0 Å². The Morgan fingerprint density at radius 3 is 1.64 bits per heavy atom. The second-order valence-electron chi connectivity index (χ2n) is 7.76. The Morgan fingerprint density at radius 2 is 1.29 bits per heavy atom. The lowest BCUT2D eigenvalue weighted by Crippen LogP contribution is -2.08. The van der Waals surface area contributed by atoms with Crippen LogP contribution in [0.4, 0.5) is 0 Å². The summed E-state index contributed by atoms with van der Waals surface area (Å²) in [5.74, 6) is 0.556. The van der Waals surface area contributed by atoms with E-state index >= 15 is 0 Å². The lowest BCUT2D eigenvalue weighted by Gasteiger charge is -2.26. The lowest BCUT2D eigenvalue weighted by molar-refractivity contribution is 0.452. The molecule has 0 spiro atoms. The molecule has 0 unspecified atom stereocenters. The van der Waals surface area contributed by atoms with Gasteiger partial charge in [-0.1, -0.05) is 70.0 Å². The van der Waals surface area contributed by atoms with E-state index in [2.05, 4.69) is 58.0 Å². The summed E-state index contributed by atoms with van der Waals surface area (Å²) >= 11 is 0. The van der Waals surface area contributed by atoms with Gasteiger partial charge in [-0.2, -0.15) is 0 Å². The van der Waals surface area contributed by atoms with Gasteiger partial charge in [0.05, 0.1) is 0 Å². The number of rotatable bonds is 8. The molecular weight excluding hydrogens is 344 g/mol. The number of aromatic hydroxyl groups is 2. The van der Waals surface area contributed by atoms with Gasteiger partial charge in [-0.3, -0.25) is 0 Å². The minimum Gasteiger partial charge on any atom is -0.507 e. The third-order valence-corrected chi connectivity index (χ3v) is 5.69. The molecule has 0 aliphatic rings. The highest BCUT2D eigenvalue weighted by atomic mass is 16.3. The van der Waals surface area contributed by atoms with Crippen LogP contribution in [0.25, 0.3) is 0 Å². The monoisotopic (exact) mass is 380 g/mol. The molecule has 2 rings (SSSR count). The van der Waals surface area contributed by atoms with Crippen LogP contribution in [0.5, 0.6) is 11.5 Å². The van der Waals surface area contributed by atoms with Crippen molar-refractivity contribution in [3.63, 3.8) is 0 Å². The van der Waals surface area contributed by atoms with Crippen molar-refractivity contribution in [2.24, 2.45) is 0 Å². The second-order valence-corrected chi connectivity index (χ2v) is 7.76. The van der Waals surface area contributed by atoms with Crippen molar-refractivity contribution in [3.8, 4) is 11.5 Å². The van der Waals surface area contributed by atoms with Gasteiger partial charge in [0.2, 0.25) is 0 Å². The number of allylic oxidation sites excluding steroid dienone is 2. The van der Waals surface area contributed by atoms with Gasteiger partial charge in [-0.15, -0.1) is 0 Å². The molecular formula is C26H36O2. The number of hydrogen-bond donors (Lipinski definition) is 2. The van der Waals surface area contributed by atoms with E-state index in [0.29, 0.717) is 11.5 Å². The summed E-state index contributed by atoms with van der Waals surface area (Å²) in [6.07, 6.45) is 7.10. The van der Waals surface area contributed by atoms with E-state index in [9.17, 15) is 10.2 Å². The van der Waals surface area contributed by atoms with E-state index in [1.54, 1.807) is 0 Å². The van der Waals surface area contributed by atoms with E-state index in [0.717, 1.165) is 54.4 Å². The first-order chi connectivity index (χ1) is 13.4. The smallest absolute Gasteiger partial charge is 0.122 e. The maximum atomic E-state index is 11.0. The zero-order valence-electron chi connectivity index (χ0n) is 18.4. The molecule has 0 aliphatic carbocycles. The Hall–Kier alpha value is -2.22. The second kappa shape index (κ2) is 9.82. The molecule has 2 nitrogen and oxygen atoms in total. The average Bonchev–Trinajstić information content (AvgIpc) is 2.70. The Labute approximate surface area is 170 Å². The van der Waals surface area contributed by atoms with E-state index in [1.165, 1.54) is 16.7 Å². The van der Waals surface area contributed by atoms with Crippen molar-refractivity contribution in [2.75, 3.05) is 0 Å². The maximum Gasteiger partial charge on any atom is 0.122 e. The Kier molecular flexibility index (Phi) is 7.74. The highest BCUT2D eigenvalue weighted by Gasteiger charge is 2.26. The van der Waals surface area contributed by atoms with Crippen LogP contribution in [0.3, 0.4) is 0 Å². The molecule has 2 heteroatoms. The summed E-state index contributed by atoms with van der Waals surface area (Å²) in [4.78, 5) is 0. The van der Waals surface area contributed by atoms with Gasteiger partial charge in [0.1, 0.15) is 11.5 Å². The van der Waals surface area contributed by atoms with E-state index in [1.807, 2.05) is 13.8 Å². The number of benzene rings is 2. The number of unbranched alkanes of at least 4 members (excludes halogenated alkanes) is 1. The van der Waals surface area contributed by atoms with Crippen LogP contribution in [0.15, 0.2) is 35.9 Å². The van der Waals surface area contributed by atoms with Crippen molar-refractivity contribution in [1.82, 2.24) is 0 Å². The number of hydrogen-bond acceptors (Lipinski definition) is 2. The lowest BCUT2D eigenvalue weighted by atomic mass is 9.79. The molecule has 0 bridgehead atoms. The van der Waals surface area contributed by atoms with Crippen LogP contribution in [-0.4, -0.2) is 10.2 Å². The summed E-state index contributed by atoms with van der Waals surface area (Å²) in [5.41, 5.74) is 7.29. The zero-order valence-corrected chi connectivity index (χ0v) is 18.4. The summed E-state index contributed by atoms with van der Waals surface area (Å²) in [5, 5.41) is 22.0. The molecule has 0 fully saturated rings. The Bertz CT molecular complexity index is 786. The topological polar surface area (TPSA) is 40.5 Å². The Balaban J connectivity index is 2.83. The number of aryl methyl sites for hydroxylation is 4. The van der Waals surface area contributed by atoms with Gasteiger partial charge in [0.25, 0.3) is 0 Å². The van der Waals surface area contributed by atoms with E-state index in [-0.39, 0.29) is 5.92 Å². The molecule has 152 valence electrons. The van der Waals surface area contributed by atoms with Crippen LogP contribution >= 0.6 is 0 Å². The van der Waals surface area contributed by atoms with E-state index in [4.69, 9.17) is 0 Å². The van der Waals surface area contributed by atoms with Crippen LogP contribution in [-0.2, 0) is 12.8 Å². The zero-order chi connectivity index (χ0) is 20.8. The van der Waals surface area contributed by atoms with Gasteiger partial charge < -0.3 is 10.2 Å². The van der Waals surface area contributed by atoms with Crippen molar-refractivity contribution in [3.05, 3.63) is 69.3 Å². The van der Waals surface area contributed by atoms with Crippen molar-refractivity contribution in [1.29, 1.82) is 0 Å². The summed E-state index contributed by atoms with van der Waals surface area (Å²) < 4.78 is 0. The molecule has 0 heterocycles. The first-order valence-electron chi connectivity index (χ1n) is 10.7. The molecule has 0 amide bonds. The quantitative estimate of drug-likeness (QED) is 0.479. The molecule has 0 atom stereocenters. The fraction of sp³-hybridized carbons (Fsp3) is 0.462. The SMILES string of the molecule is CCC/C=C(\CC)C(c1cc(CC)cc(C)c1O)c1cc(CC)cc(C)c1O. The minimum absolute atomic E-state index is 0.132. The summed E-state index contributed by atoms with van der Waals surface area (Å²) in [6.45, 7) is 12.5. The number of phenolic OH excluding ortho intramolecular Hbond substituents is 2. The molecule has 0 aliphatic heterocycles. The molecule has 2 aromatic rings. The first kappa shape index (κ1) is 22.1. The Morgan fingerprint density at radius 1 is 0.821 bits per heavy atom. The maximum absolute atomic E-state index is 11.0. The minimum atomic E-state index is -0.132. The highest BCUT2D eigenvalue weighted by Crippen LogP contribution is 2.44. The van der Waals surface area contributed by atoms with Crippen LogP contribution in [0.1, 0.15) is 86.3 Å². The molecule has 2 N–H and O–H groups in total. The molecule has 0 radical (unpaired) electrons. The van der Waals surface area contributed by atoms with Crippen molar-refractivity contribution >= 4 is 0 Å². The van der Waals surface area contributed by atoms with Crippen LogP contribution in [0, 0.1) is 13.8 Å². The fourth-order valence-corrected chi connectivity index (χ4v) is 3.98. The third-order valence-electron chi connectivity index (χ3n) is 5.69. The third kappa shape index (κ3) is 4.60. The molecule has 0 saturated heterocycles. The van der Waals surface area contributed by atoms with Gasteiger partial charge in [0.15, 0.2) is 0 Å². The predicted molar refractivity (Wildman–Crippen MR) is 120 cm³/mol. The molecule has 28 heavy (non-hydrogen) atoms. The van der Waals surface area contributed by atoms with Gasteiger partial charge >= 0.3 is 0 Å². The van der Waals surface area contributed by atoms with Gasteiger partial charge in [-0.25, -0.2) is 0 Å². The average molecular weight is 381 g/mol. The van der Waals surface area contributed by atoms with Crippen LogP contribution < -0.4 is 0 Å². The fourth-order valence-electron chi connectivity index (χ4n) is 3.98. The molecule has 2 aromatic carbocycles. The normalized spacial score (nSPS) is 12.0. The summed E-state index contributed by atoms with van der Waals surface area (Å²) in [6, 6.07) is 8.36. The largest absolute Gasteiger partial charge is 0.507 e. The van der Waals surface area contributed by atoms with Crippen molar-refractivity contribution in [2.45, 2.75) is 79.6 Å². The standard InChI is InChI=1S/C26H36O2/c1-7-11-12-21(10-4)24(22-15-19(8-2)13-17(5)25(22)27)23-16-20(9-3)14-18(6)26(23)28/h12-16,24,27-28H,7-11H2,1-6H3/b21-12+. The number of phenols is 2. The summed E-state index contributed by atoms with van der Waals surface area (Å²) in [7, 11) is 0. The molecule has 0 saturated carbocycles. The van der Waals surface area contributed by atoms with Gasteiger partial charge in [-0.05, 0) is 61.8 Å². The van der Waals surface area contributed by atoms with Gasteiger partial charge in [0, 0.05) is 17.0 Å². The van der Waals surface area contributed by atoms with E-state index < -0.39 is 0 Å². The van der Waals surface area contributed by atoms with Crippen molar-refractivity contribution < 1.29 is 10.2 Å².